The van der Waals surface area contributed by atoms with Gasteiger partial charge in [0.05, 0.1) is 34.8 Å². The number of benzene rings is 1. The summed E-state index contributed by atoms with van der Waals surface area (Å²) in [7, 11) is 0. The number of carbonyl (C=O) groups excluding carboxylic acids is 1. The Morgan fingerprint density at radius 1 is 1.29 bits per heavy atom. The number of amidine groups is 1. The maximum absolute atomic E-state index is 12.3. The molecule has 0 unspecified atom stereocenters. The molecular formula is C23H31ClN8O2. The van der Waals surface area contributed by atoms with Crippen LogP contribution in [0.5, 0.6) is 0 Å². The molecule has 1 amide bonds. The van der Waals surface area contributed by atoms with Crippen LogP contribution in [0.15, 0.2) is 35.5 Å². The van der Waals surface area contributed by atoms with Crippen LogP contribution in [-0.2, 0) is 0 Å². The summed E-state index contributed by atoms with van der Waals surface area (Å²) in [6.45, 7) is 6.60. The minimum atomic E-state index is -0.546. The molecule has 0 radical (unpaired) electrons. The number of rotatable bonds is 10. The first-order valence-electron chi connectivity index (χ1n) is 11.2. The average Bonchev–Trinajstić information content (AvgIpc) is 2.82. The molecular weight excluding hydrogens is 456 g/mol. The molecule has 1 aliphatic heterocycles. The highest BCUT2D eigenvalue weighted by molar-refractivity contribution is 6.33. The zero-order valence-electron chi connectivity index (χ0n) is 19.2. The topological polar surface area (TPSA) is 143 Å². The molecule has 182 valence electrons. The molecule has 0 spiro atoms. The third-order valence-corrected chi connectivity index (χ3v) is 5.76. The number of amides is 1. The molecule has 34 heavy (non-hydrogen) atoms. The quantitative estimate of drug-likeness (QED) is 0.256. The number of carbonyl (C=O) groups is 1. The van der Waals surface area contributed by atoms with E-state index >= 15 is 0 Å². The molecule has 1 aliphatic rings. The second-order valence-corrected chi connectivity index (χ2v) is 8.18. The van der Waals surface area contributed by atoms with Crippen LogP contribution in [0.25, 0.3) is 0 Å². The molecule has 0 atom stereocenters. The number of nitrogens with one attached hydrogen (secondary N) is 3. The van der Waals surface area contributed by atoms with Crippen molar-refractivity contribution in [3.05, 3.63) is 41.0 Å². The van der Waals surface area contributed by atoms with Gasteiger partial charge < -0.3 is 31.8 Å². The summed E-state index contributed by atoms with van der Waals surface area (Å²) in [4.78, 5) is 25.3. The van der Waals surface area contributed by atoms with Gasteiger partial charge in [-0.3, -0.25) is 14.7 Å². The zero-order valence-corrected chi connectivity index (χ0v) is 20.0. The maximum atomic E-state index is 12.3. The van der Waals surface area contributed by atoms with Gasteiger partial charge in [0.15, 0.2) is 0 Å². The van der Waals surface area contributed by atoms with E-state index in [1.54, 1.807) is 12.1 Å². The Kier molecular flexibility index (Phi) is 9.20. The molecule has 2 aromatic rings. The summed E-state index contributed by atoms with van der Waals surface area (Å²) in [6, 6.07) is 7.27. The lowest BCUT2D eigenvalue weighted by Crippen LogP contribution is -2.47. The van der Waals surface area contributed by atoms with Crippen molar-refractivity contribution in [2.24, 2.45) is 10.7 Å². The van der Waals surface area contributed by atoms with E-state index in [-0.39, 0.29) is 6.61 Å². The number of anilines is 4. The number of β-amino-alcohol motifs (C(OH)–C–C–N with tert-alkyl or cyclic N) is 1. The Labute approximate surface area is 204 Å². The summed E-state index contributed by atoms with van der Waals surface area (Å²) >= 11 is 6.36. The van der Waals surface area contributed by atoms with Crippen molar-refractivity contribution in [3.63, 3.8) is 0 Å². The van der Waals surface area contributed by atoms with Gasteiger partial charge in [0, 0.05) is 63.7 Å². The molecule has 1 fully saturated rings. The number of primary amides is 1. The predicted octanol–water partition coefficient (Wildman–Crippen LogP) is 2.56. The molecule has 0 saturated carbocycles. The SMILES string of the molecule is CCN=C(CC=N)Nc1cc(Nc2ccc(N3CCN(CCO)CC3)cc2C(N)=O)c(Cl)cn1. The normalized spacial score (nSPS) is 14.7. The standard InChI is InChI=1S/C23H31ClN8O2/c1-2-27-21(5-6-25)30-22-14-20(18(24)15-28-22)29-19-4-3-16(13-17(19)23(26)34)32-9-7-31(8-10-32)11-12-33/h3-4,6,13-15,25,33H,2,5,7-12H2,1H3,(H2,26,34)(H2,27,28,29,30). The van der Waals surface area contributed by atoms with Gasteiger partial charge in [-0.15, -0.1) is 0 Å². The largest absolute Gasteiger partial charge is 0.395 e. The zero-order chi connectivity index (χ0) is 24.5. The average molecular weight is 487 g/mol. The highest BCUT2D eigenvalue weighted by atomic mass is 35.5. The Morgan fingerprint density at radius 3 is 2.71 bits per heavy atom. The van der Waals surface area contributed by atoms with E-state index in [2.05, 4.69) is 30.4 Å². The number of aliphatic imine (C=N–C) groups is 1. The lowest BCUT2D eigenvalue weighted by Gasteiger charge is -2.36. The van der Waals surface area contributed by atoms with E-state index in [1.165, 1.54) is 12.4 Å². The summed E-state index contributed by atoms with van der Waals surface area (Å²) in [5.74, 6) is 0.591. The van der Waals surface area contributed by atoms with Crippen LogP contribution in [0.4, 0.5) is 22.9 Å². The fourth-order valence-electron chi connectivity index (χ4n) is 3.75. The highest BCUT2D eigenvalue weighted by Gasteiger charge is 2.19. The minimum absolute atomic E-state index is 0.149. The number of aliphatic hydroxyl groups is 1. The summed E-state index contributed by atoms with van der Waals surface area (Å²) in [6.07, 6.45) is 3.14. The van der Waals surface area contributed by atoms with Crippen LogP contribution in [0.2, 0.25) is 5.02 Å². The van der Waals surface area contributed by atoms with E-state index in [0.717, 1.165) is 31.9 Å². The third-order valence-electron chi connectivity index (χ3n) is 5.46. The lowest BCUT2D eigenvalue weighted by molar-refractivity contribution is 0.100. The molecule has 1 aromatic heterocycles. The first-order valence-corrected chi connectivity index (χ1v) is 11.6. The Hall–Kier alpha value is -3.21. The van der Waals surface area contributed by atoms with Gasteiger partial charge in [-0.05, 0) is 25.1 Å². The van der Waals surface area contributed by atoms with Crippen molar-refractivity contribution in [1.29, 1.82) is 5.41 Å². The number of piperazine rings is 1. The van der Waals surface area contributed by atoms with E-state index in [4.69, 9.17) is 27.9 Å². The Morgan fingerprint density at radius 2 is 2.06 bits per heavy atom. The minimum Gasteiger partial charge on any atom is -0.395 e. The number of pyridine rings is 1. The second kappa shape index (κ2) is 12.3. The van der Waals surface area contributed by atoms with Crippen LogP contribution < -0.4 is 21.3 Å². The van der Waals surface area contributed by atoms with Gasteiger partial charge in [-0.2, -0.15) is 0 Å². The van der Waals surface area contributed by atoms with Crippen molar-refractivity contribution in [2.75, 3.05) is 61.4 Å². The van der Waals surface area contributed by atoms with Crippen molar-refractivity contribution < 1.29 is 9.90 Å². The summed E-state index contributed by atoms with van der Waals surface area (Å²) in [5, 5.41) is 23.1. The van der Waals surface area contributed by atoms with Gasteiger partial charge in [0.25, 0.3) is 5.91 Å². The van der Waals surface area contributed by atoms with Gasteiger partial charge >= 0.3 is 0 Å². The van der Waals surface area contributed by atoms with E-state index in [1.807, 2.05) is 19.1 Å². The van der Waals surface area contributed by atoms with Crippen LogP contribution >= 0.6 is 11.6 Å². The Bertz CT molecular complexity index is 1040. The van der Waals surface area contributed by atoms with E-state index in [9.17, 15) is 4.79 Å². The van der Waals surface area contributed by atoms with Gasteiger partial charge in [0.2, 0.25) is 0 Å². The first-order chi connectivity index (χ1) is 16.4. The van der Waals surface area contributed by atoms with E-state index in [0.29, 0.717) is 53.1 Å². The maximum Gasteiger partial charge on any atom is 0.250 e. The fourth-order valence-corrected chi connectivity index (χ4v) is 3.90. The molecule has 6 N–H and O–H groups in total. The lowest BCUT2D eigenvalue weighted by atomic mass is 10.1. The van der Waals surface area contributed by atoms with Crippen LogP contribution in [0.3, 0.4) is 0 Å². The molecule has 1 aromatic carbocycles. The number of aromatic nitrogens is 1. The highest BCUT2D eigenvalue weighted by Crippen LogP contribution is 2.31. The molecule has 10 nitrogen and oxygen atoms in total. The van der Waals surface area contributed by atoms with Crippen LogP contribution in [0, 0.1) is 5.41 Å². The molecule has 0 aliphatic carbocycles. The fraction of sp³-hybridized carbons (Fsp3) is 0.391. The summed E-state index contributed by atoms with van der Waals surface area (Å²) in [5.41, 5.74) is 8.06. The Balaban J connectivity index is 1.80. The van der Waals surface area contributed by atoms with Gasteiger partial charge in [-0.25, -0.2) is 4.98 Å². The molecule has 2 heterocycles. The van der Waals surface area contributed by atoms with Crippen LogP contribution in [-0.4, -0.2) is 78.8 Å². The molecule has 0 bridgehead atoms. The summed E-state index contributed by atoms with van der Waals surface area (Å²) < 4.78 is 0. The third kappa shape index (κ3) is 6.66. The molecule has 11 heteroatoms. The first kappa shape index (κ1) is 25.4. The monoisotopic (exact) mass is 486 g/mol. The smallest absolute Gasteiger partial charge is 0.250 e. The van der Waals surface area contributed by atoms with Gasteiger partial charge in [0.1, 0.15) is 11.7 Å². The number of hydrogen-bond donors (Lipinski definition) is 5. The van der Waals surface area contributed by atoms with Crippen molar-refractivity contribution in [3.8, 4) is 0 Å². The van der Waals surface area contributed by atoms with E-state index < -0.39 is 5.91 Å². The predicted molar refractivity (Wildman–Crippen MR) is 138 cm³/mol. The molecule has 3 rings (SSSR count). The van der Waals surface area contributed by atoms with Crippen molar-refractivity contribution in [1.82, 2.24) is 9.88 Å². The number of nitrogens with two attached hydrogens (primary N) is 1. The second-order valence-electron chi connectivity index (χ2n) is 7.78. The number of nitrogens with zero attached hydrogens (tertiary/aromatic N) is 4. The van der Waals surface area contributed by atoms with Crippen LogP contribution in [0.1, 0.15) is 23.7 Å². The number of aliphatic hydroxyl groups excluding tert-OH is 1. The van der Waals surface area contributed by atoms with Gasteiger partial charge in [-0.1, -0.05) is 11.6 Å². The van der Waals surface area contributed by atoms with Crippen molar-refractivity contribution >= 4 is 52.4 Å². The number of halogens is 1. The number of hydrogen-bond acceptors (Lipinski definition) is 8. The molecule has 1 saturated heterocycles. The van der Waals surface area contributed by atoms with Crippen molar-refractivity contribution in [2.45, 2.75) is 13.3 Å².